The molecule has 2 unspecified atom stereocenters. The molecule has 0 saturated heterocycles. The van der Waals surface area contributed by atoms with E-state index >= 15 is 0 Å². The van der Waals surface area contributed by atoms with E-state index in [1.54, 1.807) is 27.7 Å². The molecule has 0 aromatic heterocycles. The lowest BCUT2D eigenvalue weighted by molar-refractivity contribution is -0.148. The molecule has 0 aromatic rings. The van der Waals surface area contributed by atoms with Gasteiger partial charge < -0.3 is 14.2 Å². The van der Waals surface area contributed by atoms with E-state index in [1.807, 2.05) is 0 Å². The number of hydrogen-bond acceptors (Lipinski definition) is 8. The summed E-state index contributed by atoms with van der Waals surface area (Å²) in [6.07, 6.45) is -0.204. The second-order valence-electron chi connectivity index (χ2n) is 5.26. The number of carbonyl (C=O) groups excluding carboxylic acids is 3. The highest BCUT2D eigenvalue weighted by Gasteiger charge is 2.30. The van der Waals surface area contributed by atoms with Crippen LogP contribution in [0.25, 0.3) is 0 Å². The van der Waals surface area contributed by atoms with Gasteiger partial charge in [0.25, 0.3) is 0 Å². The van der Waals surface area contributed by atoms with Gasteiger partial charge in [0.05, 0.1) is 31.3 Å². The Bertz CT molecular complexity index is 582. The summed E-state index contributed by atoms with van der Waals surface area (Å²) in [5.41, 5.74) is 0.0911. The fraction of sp³-hybridized carbons (Fsp3) is 0.611. The molecule has 9 heteroatoms. The number of hydrogen-bond donors (Lipinski definition) is 0. The van der Waals surface area contributed by atoms with Crippen LogP contribution in [0.5, 0.6) is 0 Å². The zero-order chi connectivity index (χ0) is 20.8. The molecule has 0 rings (SSSR count). The van der Waals surface area contributed by atoms with Crippen LogP contribution in [-0.2, 0) is 37.7 Å². The second-order valence-corrected chi connectivity index (χ2v) is 6.35. The van der Waals surface area contributed by atoms with Gasteiger partial charge in [-0.05, 0) is 45.1 Å². The van der Waals surface area contributed by atoms with Crippen LogP contribution in [0.15, 0.2) is 23.5 Å². The van der Waals surface area contributed by atoms with E-state index in [-0.39, 0.29) is 50.4 Å². The lowest BCUT2D eigenvalue weighted by atomic mass is 9.93. The second kappa shape index (κ2) is 14.1. The van der Waals surface area contributed by atoms with Crippen molar-refractivity contribution in [2.45, 2.75) is 40.5 Å². The van der Waals surface area contributed by atoms with Crippen LogP contribution in [0.1, 0.15) is 40.5 Å². The van der Waals surface area contributed by atoms with Crippen LogP contribution >= 0.6 is 8.03 Å². The highest BCUT2D eigenvalue weighted by Crippen LogP contribution is 2.30. The first-order chi connectivity index (χ1) is 12.8. The van der Waals surface area contributed by atoms with Crippen molar-refractivity contribution in [2.24, 2.45) is 5.92 Å². The molecular weight excluding hydrogens is 375 g/mol. The minimum absolute atomic E-state index is 0.0149. The Morgan fingerprint density at radius 2 is 1.44 bits per heavy atom. The lowest BCUT2D eigenvalue weighted by Gasteiger charge is -2.16. The molecule has 0 radical (unpaired) electrons. The van der Waals surface area contributed by atoms with E-state index in [2.05, 4.69) is 6.58 Å². The molecule has 0 saturated carbocycles. The predicted octanol–water partition coefficient (Wildman–Crippen LogP) is 3.29. The van der Waals surface area contributed by atoms with E-state index in [9.17, 15) is 18.9 Å². The van der Waals surface area contributed by atoms with E-state index in [0.29, 0.717) is 0 Å². The maximum Gasteiger partial charge on any atom is 0.541 e. The summed E-state index contributed by atoms with van der Waals surface area (Å²) in [5.74, 6) is -1.70. The molecular formula is C18H28O8P+. The molecule has 27 heavy (non-hydrogen) atoms. The Balaban J connectivity index is 5.54. The van der Waals surface area contributed by atoms with Gasteiger partial charge in [-0.2, -0.15) is 0 Å². The Kier molecular flexibility index (Phi) is 13.0. The molecule has 8 nitrogen and oxygen atoms in total. The highest BCUT2D eigenvalue weighted by atomic mass is 31.1. The van der Waals surface area contributed by atoms with Crippen molar-refractivity contribution in [1.82, 2.24) is 0 Å². The van der Waals surface area contributed by atoms with Crippen LogP contribution in [0, 0.1) is 5.92 Å². The summed E-state index contributed by atoms with van der Waals surface area (Å²) in [7, 11) is -2.24. The monoisotopic (exact) mass is 403 g/mol. The topological polar surface area (TPSA) is 105 Å². The zero-order valence-corrected chi connectivity index (χ0v) is 17.2. The highest BCUT2D eigenvalue weighted by molar-refractivity contribution is 7.42. The van der Waals surface area contributed by atoms with Crippen molar-refractivity contribution in [3.63, 3.8) is 0 Å². The van der Waals surface area contributed by atoms with Crippen LogP contribution in [-0.4, -0.2) is 44.3 Å². The van der Waals surface area contributed by atoms with Gasteiger partial charge in [-0.1, -0.05) is 6.58 Å². The number of carbonyl (C=O) groups is 3. The van der Waals surface area contributed by atoms with Gasteiger partial charge in [-0.3, -0.25) is 4.79 Å². The fourth-order valence-corrected chi connectivity index (χ4v) is 2.88. The Labute approximate surface area is 160 Å². The Morgan fingerprint density at radius 1 is 0.889 bits per heavy atom. The van der Waals surface area contributed by atoms with Gasteiger partial charge in [-0.15, -0.1) is 4.52 Å². The van der Waals surface area contributed by atoms with Gasteiger partial charge in [0, 0.05) is 5.57 Å². The Morgan fingerprint density at radius 3 is 1.96 bits per heavy atom. The van der Waals surface area contributed by atoms with Crippen molar-refractivity contribution in [1.29, 1.82) is 0 Å². The van der Waals surface area contributed by atoms with E-state index in [1.165, 1.54) is 0 Å². The molecule has 2 atom stereocenters. The molecule has 0 spiro atoms. The van der Waals surface area contributed by atoms with Gasteiger partial charge in [-0.25, -0.2) is 9.59 Å². The van der Waals surface area contributed by atoms with Crippen LogP contribution in [0.2, 0.25) is 0 Å². The average Bonchev–Trinajstić information content (AvgIpc) is 2.61. The summed E-state index contributed by atoms with van der Waals surface area (Å²) in [5, 5.41) is 0. The van der Waals surface area contributed by atoms with Gasteiger partial charge in [0.1, 0.15) is 6.61 Å². The van der Waals surface area contributed by atoms with Crippen molar-refractivity contribution in [3.05, 3.63) is 23.5 Å². The molecule has 0 heterocycles. The third-order valence-corrected chi connectivity index (χ3v) is 4.23. The molecule has 0 N–H and O–H groups in total. The molecule has 0 aromatic carbocycles. The zero-order valence-electron chi connectivity index (χ0n) is 16.3. The maximum atomic E-state index is 12.3. The molecule has 152 valence electrons. The van der Waals surface area contributed by atoms with Crippen molar-refractivity contribution >= 4 is 25.9 Å². The van der Waals surface area contributed by atoms with E-state index in [0.717, 1.165) is 5.82 Å². The van der Waals surface area contributed by atoms with Crippen molar-refractivity contribution in [3.8, 4) is 0 Å². The van der Waals surface area contributed by atoms with Gasteiger partial charge in [0.15, 0.2) is 5.82 Å². The summed E-state index contributed by atoms with van der Waals surface area (Å²) >= 11 is 0. The average molecular weight is 403 g/mol. The SMILES string of the molecule is C=C(CC(CC(=C[P+](=O)OCC)C(=O)OCC)C(=O)OCC)C(=O)OCC. The van der Waals surface area contributed by atoms with Crippen LogP contribution < -0.4 is 0 Å². The minimum atomic E-state index is -2.24. The van der Waals surface area contributed by atoms with Crippen molar-refractivity contribution in [2.75, 3.05) is 26.4 Å². The lowest BCUT2D eigenvalue weighted by Crippen LogP contribution is -2.23. The normalized spacial score (nSPS) is 12.7. The third-order valence-electron chi connectivity index (χ3n) is 3.20. The first-order valence-corrected chi connectivity index (χ1v) is 10.0. The predicted molar refractivity (Wildman–Crippen MR) is 99.1 cm³/mol. The van der Waals surface area contributed by atoms with E-state index < -0.39 is 31.9 Å². The van der Waals surface area contributed by atoms with Crippen molar-refractivity contribution < 1.29 is 37.7 Å². The fourth-order valence-electron chi connectivity index (χ4n) is 2.08. The first kappa shape index (κ1) is 24.9. The molecule has 0 aliphatic carbocycles. The number of esters is 3. The molecule has 0 bridgehead atoms. The summed E-state index contributed by atoms with van der Waals surface area (Å²) < 4.78 is 31.7. The van der Waals surface area contributed by atoms with Crippen LogP contribution in [0.3, 0.4) is 0 Å². The smallest absolute Gasteiger partial charge is 0.466 e. The standard InChI is InChI=1S/C18H28O8P/c1-6-23-16(19)13(5)10-14(17(20)24-7-2)11-15(18(21)25-8-3)12-27(22)26-9-4/h12,14H,5-11H2,1-4H3/q+1. The van der Waals surface area contributed by atoms with E-state index in [4.69, 9.17) is 18.7 Å². The summed E-state index contributed by atoms with van der Waals surface area (Å²) in [6.45, 7) is 10.8. The van der Waals surface area contributed by atoms with Gasteiger partial charge in [0.2, 0.25) is 0 Å². The quantitative estimate of drug-likeness (QED) is 0.200. The molecule has 0 amide bonds. The molecule has 0 aliphatic heterocycles. The third kappa shape index (κ3) is 10.0. The molecule has 0 fully saturated rings. The van der Waals surface area contributed by atoms with Crippen LogP contribution in [0.4, 0.5) is 0 Å². The largest absolute Gasteiger partial charge is 0.541 e. The summed E-state index contributed by atoms with van der Waals surface area (Å²) in [4.78, 5) is 36.3. The molecule has 0 aliphatic rings. The van der Waals surface area contributed by atoms with Gasteiger partial charge >= 0.3 is 25.9 Å². The minimum Gasteiger partial charge on any atom is -0.466 e. The number of ether oxygens (including phenoxy) is 3. The first-order valence-electron chi connectivity index (χ1n) is 8.79. The Hall–Kier alpha value is -2.05. The summed E-state index contributed by atoms with van der Waals surface area (Å²) in [6, 6.07) is 0. The maximum absolute atomic E-state index is 12.3. The number of rotatable bonds is 13.